The van der Waals surface area contributed by atoms with Crippen molar-refractivity contribution < 1.29 is 14.4 Å². The Morgan fingerprint density at radius 3 is 0.929 bits per heavy atom. The molecule has 6 atom stereocenters. The normalized spacial score (nSPS) is 69.9. The molecule has 3 heteroatoms. The fourth-order valence-corrected chi connectivity index (χ4v) is 5.64. The first-order valence-corrected chi connectivity index (χ1v) is 5.34. The summed E-state index contributed by atoms with van der Waals surface area (Å²) in [5.74, 6) is 0.999. The third kappa shape index (κ3) is 0.317. The number of ketones is 3. The van der Waals surface area contributed by atoms with Gasteiger partial charge in [-0.2, -0.15) is 0 Å². The molecule has 6 unspecified atom stereocenters. The van der Waals surface area contributed by atoms with Crippen LogP contribution in [0.2, 0.25) is 0 Å². The van der Waals surface area contributed by atoms with E-state index in [9.17, 15) is 14.4 Å². The van der Waals surface area contributed by atoms with Crippen LogP contribution in [0.15, 0.2) is 0 Å². The predicted molar refractivity (Wildman–Crippen MR) is 42.9 cm³/mol. The third-order valence-corrected chi connectivity index (χ3v) is 5.62. The minimum absolute atomic E-state index is 0.0183. The molecule has 6 saturated carbocycles. The van der Waals surface area contributed by atoms with Gasteiger partial charge in [-0.3, -0.25) is 14.4 Å². The molecule has 6 aliphatic rings. The summed E-state index contributed by atoms with van der Waals surface area (Å²) < 4.78 is 0. The van der Waals surface area contributed by atoms with Gasteiger partial charge in [-0.05, 0) is 11.8 Å². The predicted octanol–water partition coefficient (Wildman–Crippen LogP) is -0.309. The van der Waals surface area contributed by atoms with Crippen molar-refractivity contribution in [3.63, 3.8) is 0 Å². The lowest BCUT2D eigenvalue weighted by molar-refractivity contribution is -0.125. The van der Waals surface area contributed by atoms with Crippen LogP contribution in [-0.4, -0.2) is 17.3 Å². The molecule has 0 saturated heterocycles. The Labute approximate surface area is 79.8 Å². The van der Waals surface area contributed by atoms with Crippen molar-refractivity contribution >= 4 is 17.3 Å². The van der Waals surface area contributed by atoms with Crippen molar-refractivity contribution in [2.24, 2.45) is 47.3 Å². The molecule has 6 rings (SSSR count). The molecular weight excluding hydrogens is 180 g/mol. The second-order valence-corrected chi connectivity index (χ2v) is 5.52. The summed E-state index contributed by atoms with van der Waals surface area (Å²) in [6.07, 6.45) is 0. The summed E-state index contributed by atoms with van der Waals surface area (Å²) in [7, 11) is 0. The van der Waals surface area contributed by atoms with E-state index in [2.05, 4.69) is 0 Å². The van der Waals surface area contributed by atoms with Crippen LogP contribution in [0.4, 0.5) is 0 Å². The number of Topliss-reactive ketones (excluding diaryl/α,β-unsaturated/α-hetero) is 3. The molecule has 0 radical (unpaired) electrons. The number of hydrogen-bond acceptors (Lipinski definition) is 3. The molecule has 0 aliphatic heterocycles. The minimum Gasteiger partial charge on any atom is -0.299 e. The monoisotopic (exact) mass is 188 g/mol. The summed E-state index contributed by atoms with van der Waals surface area (Å²) in [6.45, 7) is 0. The van der Waals surface area contributed by atoms with Gasteiger partial charge in [0, 0.05) is 35.5 Å². The summed E-state index contributed by atoms with van der Waals surface area (Å²) in [5, 5.41) is 0. The van der Waals surface area contributed by atoms with E-state index in [1.165, 1.54) is 0 Å². The maximum absolute atomic E-state index is 11.9. The summed E-state index contributed by atoms with van der Waals surface area (Å²) in [5.41, 5.74) is 0. The van der Waals surface area contributed by atoms with E-state index in [0.29, 0.717) is 0 Å². The molecule has 0 heterocycles. The molecule has 6 bridgehead atoms. The fourth-order valence-electron chi connectivity index (χ4n) is 5.64. The maximum Gasteiger partial charge on any atom is 0.141 e. The minimum atomic E-state index is -0.0183. The summed E-state index contributed by atoms with van der Waals surface area (Å²) >= 11 is 0. The molecule has 0 aromatic heterocycles. The molecule has 70 valence electrons. The lowest BCUT2D eigenvalue weighted by atomic mass is 9.71. The molecule has 0 aromatic carbocycles. The van der Waals surface area contributed by atoms with E-state index in [1.807, 2.05) is 0 Å². The summed E-state index contributed by atoms with van der Waals surface area (Å²) in [4.78, 5) is 35.7. The first kappa shape index (κ1) is 6.49. The topological polar surface area (TPSA) is 51.2 Å². The van der Waals surface area contributed by atoms with E-state index in [4.69, 9.17) is 0 Å². The zero-order chi connectivity index (χ0) is 9.35. The Morgan fingerprint density at radius 2 is 0.714 bits per heavy atom. The van der Waals surface area contributed by atoms with Crippen LogP contribution in [0.5, 0.6) is 0 Å². The van der Waals surface area contributed by atoms with Gasteiger partial charge >= 0.3 is 0 Å². The Balaban J connectivity index is 1.95. The molecule has 0 aromatic rings. The van der Waals surface area contributed by atoms with Gasteiger partial charge in [-0.25, -0.2) is 0 Å². The zero-order valence-corrected chi connectivity index (χ0v) is 7.34. The van der Waals surface area contributed by atoms with Gasteiger partial charge in [0.15, 0.2) is 0 Å². The standard InChI is InChI=1S/C11H8O3/c12-9-3-1-4-7(9)2-6(3)10(13)5(1)8(2)11(4)14/h1-8H. The molecule has 0 spiro atoms. The van der Waals surface area contributed by atoms with E-state index in [0.717, 1.165) is 0 Å². The van der Waals surface area contributed by atoms with Crippen LogP contribution in [-0.2, 0) is 14.4 Å². The highest BCUT2D eigenvalue weighted by molar-refractivity contribution is 6.15. The van der Waals surface area contributed by atoms with Gasteiger partial charge in [0.25, 0.3) is 0 Å². The molecule has 6 fully saturated rings. The highest BCUT2D eigenvalue weighted by Crippen LogP contribution is 2.78. The van der Waals surface area contributed by atoms with Gasteiger partial charge < -0.3 is 0 Å². The van der Waals surface area contributed by atoms with Gasteiger partial charge in [0.2, 0.25) is 0 Å². The van der Waals surface area contributed by atoms with Crippen LogP contribution in [0.25, 0.3) is 0 Å². The van der Waals surface area contributed by atoms with E-state index < -0.39 is 0 Å². The first-order valence-electron chi connectivity index (χ1n) is 5.34. The average Bonchev–Trinajstić information content (AvgIpc) is 2.86. The molecule has 3 nitrogen and oxygen atoms in total. The second kappa shape index (κ2) is 1.42. The van der Waals surface area contributed by atoms with Crippen molar-refractivity contribution in [3.8, 4) is 0 Å². The van der Waals surface area contributed by atoms with Crippen molar-refractivity contribution in [2.45, 2.75) is 0 Å². The Kier molecular flexibility index (Phi) is 0.658. The molecule has 14 heavy (non-hydrogen) atoms. The smallest absolute Gasteiger partial charge is 0.141 e. The van der Waals surface area contributed by atoms with Gasteiger partial charge in [0.05, 0.1) is 0 Å². The van der Waals surface area contributed by atoms with Crippen molar-refractivity contribution in [3.05, 3.63) is 0 Å². The highest BCUT2D eigenvalue weighted by Gasteiger charge is 2.87. The zero-order valence-electron chi connectivity index (χ0n) is 7.34. The Bertz CT molecular complexity index is 349. The van der Waals surface area contributed by atoms with Gasteiger partial charge in [-0.15, -0.1) is 0 Å². The molecular formula is C11H8O3. The molecule has 0 amide bonds. The van der Waals surface area contributed by atoms with E-state index in [1.54, 1.807) is 0 Å². The van der Waals surface area contributed by atoms with Crippen molar-refractivity contribution in [1.82, 2.24) is 0 Å². The van der Waals surface area contributed by atoms with Gasteiger partial charge in [-0.1, -0.05) is 0 Å². The van der Waals surface area contributed by atoms with Crippen LogP contribution in [0.1, 0.15) is 0 Å². The SMILES string of the molecule is O=C1C2C3C(=O)C4C5C(=O)C(C1C35)C24. The van der Waals surface area contributed by atoms with Crippen LogP contribution >= 0.6 is 0 Å². The number of hydrogen-bond donors (Lipinski definition) is 0. The third-order valence-electron chi connectivity index (χ3n) is 5.62. The number of carbonyl (C=O) groups excluding carboxylic acids is 3. The van der Waals surface area contributed by atoms with E-state index in [-0.39, 0.29) is 64.7 Å². The number of carbonyl (C=O) groups is 3. The van der Waals surface area contributed by atoms with E-state index >= 15 is 0 Å². The maximum atomic E-state index is 11.9. The fraction of sp³-hybridized carbons (Fsp3) is 0.727. The lowest BCUT2D eigenvalue weighted by Crippen LogP contribution is -2.30. The van der Waals surface area contributed by atoms with Crippen molar-refractivity contribution in [2.75, 3.05) is 0 Å². The number of rotatable bonds is 0. The average molecular weight is 188 g/mol. The Morgan fingerprint density at radius 1 is 0.500 bits per heavy atom. The highest BCUT2D eigenvalue weighted by atomic mass is 16.2. The lowest BCUT2D eigenvalue weighted by Gasteiger charge is -2.28. The largest absolute Gasteiger partial charge is 0.299 e. The second-order valence-electron chi connectivity index (χ2n) is 5.52. The van der Waals surface area contributed by atoms with Gasteiger partial charge in [0.1, 0.15) is 17.3 Å². The van der Waals surface area contributed by atoms with Crippen LogP contribution < -0.4 is 0 Å². The molecule has 0 N–H and O–H groups in total. The van der Waals surface area contributed by atoms with Crippen LogP contribution in [0, 0.1) is 47.3 Å². The van der Waals surface area contributed by atoms with Crippen molar-refractivity contribution in [1.29, 1.82) is 0 Å². The molecule has 6 aliphatic carbocycles. The van der Waals surface area contributed by atoms with Crippen LogP contribution in [0.3, 0.4) is 0 Å². The quantitative estimate of drug-likeness (QED) is 0.524. The Hall–Kier alpha value is -0.990. The first-order chi connectivity index (χ1) is 6.73. The summed E-state index contributed by atoms with van der Waals surface area (Å²) in [6, 6.07) is 0.